The summed E-state index contributed by atoms with van der Waals surface area (Å²) < 4.78 is 25.7. The number of carbonyl (C=O) groups is 2. The maximum absolute atomic E-state index is 12.8. The summed E-state index contributed by atoms with van der Waals surface area (Å²) in [6.07, 6.45) is 0.195. The van der Waals surface area contributed by atoms with Crippen LogP contribution in [0.5, 0.6) is 0 Å². The second-order valence-electron chi connectivity index (χ2n) is 3.56. The minimum absolute atomic E-state index is 0.0924. The summed E-state index contributed by atoms with van der Waals surface area (Å²) in [7, 11) is 0. The number of carbonyl (C=O) groups excluding carboxylic acids is 1. The van der Waals surface area contributed by atoms with Crippen LogP contribution in [0.3, 0.4) is 0 Å². The van der Waals surface area contributed by atoms with E-state index in [1.807, 2.05) is 0 Å². The van der Waals surface area contributed by atoms with Gasteiger partial charge < -0.3 is 15.7 Å². The van der Waals surface area contributed by atoms with Crippen LogP contribution in [0.15, 0.2) is 18.2 Å². The van der Waals surface area contributed by atoms with Gasteiger partial charge in [-0.15, -0.1) is 0 Å². The molecule has 0 radical (unpaired) electrons. The summed E-state index contributed by atoms with van der Waals surface area (Å²) in [6, 6.07) is 0.613. The van der Waals surface area contributed by atoms with E-state index < -0.39 is 29.7 Å². The van der Waals surface area contributed by atoms with Crippen molar-refractivity contribution in [2.45, 2.75) is 19.4 Å². The van der Waals surface area contributed by atoms with E-state index in [0.717, 1.165) is 12.1 Å². The number of halogens is 2. The number of hydrogen-bond donors (Lipinski definition) is 3. The number of carboxylic acids is 1. The molecule has 0 aliphatic carbocycles. The third kappa shape index (κ3) is 4.00. The van der Waals surface area contributed by atoms with Crippen molar-refractivity contribution < 1.29 is 23.5 Å². The maximum Gasteiger partial charge on any atom is 0.326 e. The number of benzene rings is 1. The Morgan fingerprint density at radius 3 is 2.28 bits per heavy atom. The highest BCUT2D eigenvalue weighted by Gasteiger charge is 2.17. The van der Waals surface area contributed by atoms with Crippen LogP contribution in [0.4, 0.5) is 19.3 Å². The van der Waals surface area contributed by atoms with Crippen LogP contribution in [-0.2, 0) is 4.79 Å². The monoisotopic (exact) mass is 258 g/mol. The number of nitrogens with one attached hydrogen (secondary N) is 2. The first-order valence-electron chi connectivity index (χ1n) is 5.18. The van der Waals surface area contributed by atoms with E-state index in [9.17, 15) is 18.4 Å². The molecule has 0 aromatic heterocycles. The van der Waals surface area contributed by atoms with E-state index in [1.54, 1.807) is 6.92 Å². The fourth-order valence-electron chi connectivity index (χ4n) is 1.29. The van der Waals surface area contributed by atoms with E-state index >= 15 is 0 Å². The van der Waals surface area contributed by atoms with E-state index in [4.69, 9.17) is 5.11 Å². The Bertz CT molecular complexity index is 445. The van der Waals surface area contributed by atoms with Crippen molar-refractivity contribution in [1.29, 1.82) is 0 Å². The molecule has 5 nitrogen and oxygen atoms in total. The van der Waals surface area contributed by atoms with Gasteiger partial charge in [-0.3, -0.25) is 0 Å². The fraction of sp³-hybridized carbons (Fsp3) is 0.273. The molecule has 3 N–H and O–H groups in total. The van der Waals surface area contributed by atoms with Gasteiger partial charge >= 0.3 is 12.0 Å². The fourth-order valence-corrected chi connectivity index (χ4v) is 1.29. The number of anilines is 1. The molecule has 0 fully saturated rings. The highest BCUT2D eigenvalue weighted by Crippen LogP contribution is 2.12. The van der Waals surface area contributed by atoms with Gasteiger partial charge in [0.1, 0.15) is 17.7 Å². The van der Waals surface area contributed by atoms with Gasteiger partial charge in [-0.1, -0.05) is 6.92 Å². The molecule has 2 amide bonds. The van der Waals surface area contributed by atoms with Gasteiger partial charge in [-0.25, -0.2) is 18.4 Å². The van der Waals surface area contributed by atoms with Crippen LogP contribution in [-0.4, -0.2) is 23.1 Å². The van der Waals surface area contributed by atoms with Crippen LogP contribution in [0.1, 0.15) is 13.3 Å². The van der Waals surface area contributed by atoms with Crippen molar-refractivity contribution >= 4 is 17.7 Å². The zero-order chi connectivity index (χ0) is 13.7. The van der Waals surface area contributed by atoms with Crippen molar-refractivity contribution in [1.82, 2.24) is 5.32 Å². The number of rotatable bonds is 4. The first-order valence-corrected chi connectivity index (χ1v) is 5.18. The molecule has 0 unspecified atom stereocenters. The van der Waals surface area contributed by atoms with Gasteiger partial charge in [0, 0.05) is 11.8 Å². The lowest BCUT2D eigenvalue weighted by atomic mass is 10.2. The zero-order valence-corrected chi connectivity index (χ0v) is 9.54. The second-order valence-corrected chi connectivity index (χ2v) is 3.56. The second kappa shape index (κ2) is 5.95. The van der Waals surface area contributed by atoms with Crippen molar-refractivity contribution in [3.63, 3.8) is 0 Å². The van der Waals surface area contributed by atoms with Gasteiger partial charge in [0.05, 0.1) is 0 Å². The third-order valence-corrected chi connectivity index (χ3v) is 2.13. The van der Waals surface area contributed by atoms with Crippen molar-refractivity contribution in [2.75, 3.05) is 5.32 Å². The van der Waals surface area contributed by atoms with Crippen molar-refractivity contribution in [2.24, 2.45) is 0 Å². The van der Waals surface area contributed by atoms with Gasteiger partial charge in [-0.05, 0) is 18.6 Å². The molecule has 0 spiro atoms. The largest absolute Gasteiger partial charge is 0.480 e. The smallest absolute Gasteiger partial charge is 0.326 e. The summed E-state index contributed by atoms with van der Waals surface area (Å²) in [6.45, 7) is 1.58. The van der Waals surface area contributed by atoms with Crippen LogP contribution in [0.25, 0.3) is 0 Å². The van der Waals surface area contributed by atoms with E-state index in [1.165, 1.54) is 0 Å². The van der Waals surface area contributed by atoms with Gasteiger partial charge in [0.15, 0.2) is 0 Å². The summed E-state index contributed by atoms with van der Waals surface area (Å²) in [4.78, 5) is 22.0. The predicted molar refractivity (Wildman–Crippen MR) is 60.2 cm³/mol. The molecule has 0 saturated heterocycles. The molecule has 0 saturated carbocycles. The lowest BCUT2D eigenvalue weighted by Gasteiger charge is -2.13. The normalized spacial score (nSPS) is 11.7. The maximum atomic E-state index is 12.8. The summed E-state index contributed by atoms with van der Waals surface area (Å²) in [5, 5.41) is 13.0. The highest BCUT2D eigenvalue weighted by molar-refractivity contribution is 5.92. The SMILES string of the molecule is CC[C@@H](NC(=O)Nc1cc(F)cc(F)c1)C(=O)O. The lowest BCUT2D eigenvalue weighted by molar-refractivity contribution is -0.139. The predicted octanol–water partition coefficient (Wildman–Crippen LogP) is 1.95. The van der Waals surface area contributed by atoms with Gasteiger partial charge in [-0.2, -0.15) is 0 Å². The van der Waals surface area contributed by atoms with Crippen molar-refractivity contribution in [3.8, 4) is 0 Å². The minimum atomic E-state index is -1.18. The third-order valence-electron chi connectivity index (χ3n) is 2.13. The first-order chi connectivity index (χ1) is 8.42. The van der Waals surface area contributed by atoms with E-state index in [0.29, 0.717) is 6.07 Å². The Labute approximate surface area is 102 Å². The van der Waals surface area contributed by atoms with E-state index in [2.05, 4.69) is 10.6 Å². The molecular weight excluding hydrogens is 246 g/mol. The van der Waals surface area contributed by atoms with Crippen LogP contribution >= 0.6 is 0 Å². The topological polar surface area (TPSA) is 78.4 Å². The quantitative estimate of drug-likeness (QED) is 0.772. The average Bonchev–Trinajstić information content (AvgIpc) is 2.23. The Hall–Kier alpha value is -2.18. The molecule has 1 aromatic carbocycles. The molecule has 0 bridgehead atoms. The number of amides is 2. The zero-order valence-electron chi connectivity index (χ0n) is 9.54. The standard InChI is InChI=1S/C11H12F2N2O3/c1-2-9(10(16)17)15-11(18)14-8-4-6(12)3-7(13)5-8/h3-5,9H,2H2,1H3,(H,16,17)(H2,14,15,18)/t9-/m1/s1. The molecular formula is C11H12F2N2O3. The Morgan fingerprint density at radius 1 is 1.28 bits per heavy atom. The Kier molecular flexibility index (Phi) is 4.59. The Balaban J connectivity index is 2.67. The van der Waals surface area contributed by atoms with Crippen LogP contribution < -0.4 is 10.6 Å². The van der Waals surface area contributed by atoms with E-state index in [-0.39, 0.29) is 12.1 Å². The molecule has 0 aliphatic rings. The number of aliphatic carboxylic acids is 1. The number of hydrogen-bond acceptors (Lipinski definition) is 2. The first kappa shape index (κ1) is 13.9. The molecule has 1 atom stereocenters. The van der Waals surface area contributed by atoms with Crippen LogP contribution in [0, 0.1) is 11.6 Å². The number of carboxylic acid groups (broad SMARTS) is 1. The number of urea groups is 1. The summed E-state index contributed by atoms with van der Waals surface area (Å²) >= 11 is 0. The summed E-state index contributed by atoms with van der Waals surface area (Å²) in [5.41, 5.74) is -0.0924. The average molecular weight is 258 g/mol. The molecule has 1 rings (SSSR count). The Morgan fingerprint density at radius 2 is 1.83 bits per heavy atom. The van der Waals surface area contributed by atoms with Gasteiger partial charge in [0.25, 0.3) is 0 Å². The minimum Gasteiger partial charge on any atom is -0.480 e. The molecule has 7 heteroatoms. The van der Waals surface area contributed by atoms with Crippen molar-refractivity contribution in [3.05, 3.63) is 29.8 Å². The van der Waals surface area contributed by atoms with Crippen LogP contribution in [0.2, 0.25) is 0 Å². The lowest BCUT2D eigenvalue weighted by Crippen LogP contribution is -2.42. The molecule has 18 heavy (non-hydrogen) atoms. The summed E-state index contributed by atoms with van der Waals surface area (Å²) in [5.74, 6) is -2.86. The molecule has 1 aromatic rings. The molecule has 0 aliphatic heterocycles. The highest BCUT2D eigenvalue weighted by atomic mass is 19.1. The van der Waals surface area contributed by atoms with Gasteiger partial charge in [0.2, 0.25) is 0 Å². The molecule has 0 heterocycles. The molecule has 98 valence electrons.